The van der Waals surface area contributed by atoms with Gasteiger partial charge in [0.25, 0.3) is 0 Å². The van der Waals surface area contributed by atoms with Crippen molar-refractivity contribution in [1.82, 2.24) is 17.5 Å². The second-order valence-electron chi connectivity index (χ2n) is 22.0. The Morgan fingerprint density at radius 2 is 0.760 bits per heavy atom. The van der Waals surface area contributed by atoms with Gasteiger partial charge < -0.3 is 19.2 Å². The third-order valence-corrected chi connectivity index (χ3v) is 24.9. The lowest BCUT2D eigenvalue weighted by Gasteiger charge is -2.04. The molecule has 8 aromatic heterocycles. The van der Waals surface area contributed by atoms with E-state index in [1.54, 1.807) is 73.3 Å². The Morgan fingerprint density at radius 1 is 0.438 bits per heavy atom. The molecule has 0 amide bonds. The number of nitriles is 2. The van der Waals surface area contributed by atoms with Gasteiger partial charge in [0.1, 0.15) is 45.7 Å². The molecular weight excluding hydrogens is 1360 g/mol. The van der Waals surface area contributed by atoms with E-state index in [-0.39, 0.29) is 46.0 Å². The van der Waals surface area contributed by atoms with E-state index in [4.69, 9.17) is 33.1 Å². The molecule has 0 atom stereocenters. The molecule has 452 valence electrons. The number of Topliss-reactive ketones (excluding diaryl/α,β-unsaturated/α-hetero) is 4. The van der Waals surface area contributed by atoms with Gasteiger partial charge in [-0.05, 0) is 128 Å². The molecule has 18 rings (SSSR count). The number of rotatable bonds is 8. The average Bonchev–Trinajstić information content (AvgIpc) is 1.56. The third kappa shape index (κ3) is 9.38. The zero-order valence-electron chi connectivity index (χ0n) is 49.0. The summed E-state index contributed by atoms with van der Waals surface area (Å²) in [5, 5.41) is 30.9. The highest BCUT2D eigenvalue weighted by Crippen LogP contribution is 2.54. The Morgan fingerprint density at radius 3 is 1.07 bits per heavy atom. The molecule has 96 heavy (non-hydrogen) atoms. The van der Waals surface area contributed by atoms with Crippen molar-refractivity contribution in [3.8, 4) is 43.1 Å². The van der Waals surface area contributed by atoms with Crippen molar-refractivity contribution in [2.24, 2.45) is 9.98 Å². The van der Waals surface area contributed by atoms with E-state index in [1.165, 1.54) is 45.3 Å². The average molecular weight is 1390 g/mol. The maximum absolute atomic E-state index is 13.8. The van der Waals surface area contributed by atoms with Crippen molar-refractivity contribution in [3.63, 3.8) is 0 Å². The molecule has 0 fully saturated rings. The fourth-order valence-corrected chi connectivity index (χ4v) is 20.5. The molecular formula is C72H30N10O6S8. The minimum Gasteiger partial charge on any atom is -0.495 e. The molecule has 0 N–H and O–H groups in total. The predicted molar refractivity (Wildman–Crippen MR) is 391 cm³/mol. The van der Waals surface area contributed by atoms with Crippen LogP contribution in [0.2, 0.25) is 0 Å². The minimum absolute atomic E-state index is 0.139. The molecule has 24 heteroatoms. The normalized spacial score (nSPS) is 13.2. The Kier molecular flexibility index (Phi) is 13.9. The van der Waals surface area contributed by atoms with Crippen LogP contribution in [0.25, 0.3) is 147 Å². The number of methoxy groups -OCH3 is 2. The van der Waals surface area contributed by atoms with E-state index in [2.05, 4.69) is 73.6 Å². The van der Waals surface area contributed by atoms with Gasteiger partial charge in [-0.15, -0.1) is 45.3 Å². The van der Waals surface area contributed by atoms with Gasteiger partial charge in [0.15, 0.2) is 23.1 Å². The number of fused-ring (bicyclic) bond motifs is 18. The van der Waals surface area contributed by atoms with Crippen LogP contribution in [0.5, 0.6) is 11.5 Å². The molecule has 0 spiro atoms. The van der Waals surface area contributed by atoms with E-state index in [0.717, 1.165) is 158 Å². The molecule has 2 aliphatic rings. The summed E-state index contributed by atoms with van der Waals surface area (Å²) in [6, 6.07) is 46.8. The molecule has 16 nitrogen and oxygen atoms in total. The molecule has 0 radical (unpaired) electrons. The van der Waals surface area contributed by atoms with Crippen LogP contribution in [-0.4, -0.2) is 66.5 Å². The molecule has 0 saturated heterocycles. The molecule has 16 aromatic rings. The van der Waals surface area contributed by atoms with Crippen molar-refractivity contribution >= 4 is 254 Å². The summed E-state index contributed by atoms with van der Waals surface area (Å²) >= 11 is 11.1. The van der Waals surface area contributed by atoms with Gasteiger partial charge in [0.05, 0.1) is 77.4 Å². The second-order valence-corrected chi connectivity index (χ2v) is 29.4. The van der Waals surface area contributed by atoms with Gasteiger partial charge in [-0.25, -0.2) is 10.5 Å². The fraction of sp³-hybridized carbons (Fsp3) is 0.0278. The van der Waals surface area contributed by atoms with Crippen molar-refractivity contribution < 1.29 is 28.7 Å². The zero-order valence-corrected chi connectivity index (χ0v) is 55.6. The first-order chi connectivity index (χ1) is 46.9. The number of carbonyl (C=O) groups is 4. The number of carbonyl (C=O) groups excluding carboxylic acids is 4. The number of amidine groups is 2. The maximum atomic E-state index is 13.8. The molecule has 0 bridgehead atoms. The SMILES string of the molecule is O=C1C(=Cc2cc3c4nsnc4c4cc(C=C5C(=O)c6cc7cc8ccccc8cc7cc6C5=O)sc4c3s2)C(=O)c2cc3cc4ccccc4cc3cc21.[C-]#[N+]C(C#N)=Nc1cc(OC)c(-c2cc3c4nsnc4c4cc(-c5sc(N=C(C#N)[N+]#[C-])cc5OC)sc4c3s2)s1. The van der Waals surface area contributed by atoms with E-state index in [0.29, 0.717) is 43.8 Å². The van der Waals surface area contributed by atoms with E-state index >= 15 is 0 Å². The van der Waals surface area contributed by atoms with Gasteiger partial charge in [0, 0.05) is 75.4 Å². The smallest absolute Gasteiger partial charge is 0.350 e. The minimum atomic E-state index is -0.281. The van der Waals surface area contributed by atoms with Crippen LogP contribution in [0.4, 0.5) is 10.0 Å². The summed E-state index contributed by atoms with van der Waals surface area (Å²) in [4.78, 5) is 74.8. The van der Waals surface area contributed by atoms with E-state index in [9.17, 15) is 19.2 Å². The number of aromatic nitrogens is 4. The predicted octanol–water partition coefficient (Wildman–Crippen LogP) is 20.2. The van der Waals surface area contributed by atoms with Gasteiger partial charge in [0.2, 0.25) is 10.0 Å². The Hall–Kier alpha value is -11.3. The third-order valence-electron chi connectivity index (χ3n) is 16.7. The summed E-state index contributed by atoms with van der Waals surface area (Å²) in [6.07, 6.45) is 3.40. The number of ketones is 4. The summed E-state index contributed by atoms with van der Waals surface area (Å²) in [6.45, 7) is 14.3. The first-order valence-corrected chi connectivity index (χ1v) is 35.1. The molecule has 0 aliphatic heterocycles. The standard InChI is InChI=1S/C46H20N2O4S3.C26H10N8O2S5/c49-41-31-13-25-9-21-5-1-2-6-22(21)10-26(25)14-32(31)42(50)37(41)19-29-17-35-39-40(48-55-47-39)36-18-30(54-46(36)45(35)53-29)20-38-43(51)33-15-27-11-23-7-3-4-8-24(23)12-28(27)16-34(33)44(38)52;1-29-17(9-27)31-19-7-13(35-3)25(39-19)15-5-11-21-22(34-41-33-21)12-6-16(38-24(12)23(11)37-15)26-14(36-4)8-20(40-26)32-18(10-28)30-2/h1-20H;5-8H,3-4H3. The number of hydrogen-bond donors (Lipinski definition) is 0. The van der Waals surface area contributed by atoms with Gasteiger partial charge in [-0.2, -0.15) is 17.5 Å². The number of allylic oxidation sites excluding steroid dienone is 2. The van der Waals surface area contributed by atoms with Gasteiger partial charge in [-0.3, -0.25) is 19.2 Å². The van der Waals surface area contributed by atoms with E-state index < -0.39 is 0 Å². The molecule has 2 aliphatic carbocycles. The van der Waals surface area contributed by atoms with Gasteiger partial charge >= 0.3 is 11.7 Å². The molecule has 8 aromatic carbocycles. The van der Waals surface area contributed by atoms with Crippen LogP contribution in [-0.2, 0) is 0 Å². The highest BCUT2D eigenvalue weighted by molar-refractivity contribution is 7.33. The van der Waals surface area contributed by atoms with Crippen LogP contribution in [0, 0.1) is 35.8 Å². The summed E-state index contributed by atoms with van der Waals surface area (Å²) in [5.41, 5.74) is 5.03. The maximum Gasteiger partial charge on any atom is 0.350 e. The topological polar surface area (TPSA) is 219 Å². The molecule has 0 saturated carbocycles. The Balaban J connectivity index is 0.000000152. The monoisotopic (exact) mass is 1390 g/mol. The number of aliphatic imine (C=N–C) groups is 2. The number of thiophene rings is 6. The van der Waals surface area contributed by atoms with Crippen molar-refractivity contribution in [2.45, 2.75) is 0 Å². The molecule has 8 heterocycles. The van der Waals surface area contributed by atoms with Crippen LogP contribution in [0.3, 0.4) is 0 Å². The second kappa shape index (κ2) is 22.8. The van der Waals surface area contributed by atoms with Crippen LogP contribution in [0.1, 0.15) is 51.2 Å². The number of ether oxygens (including phenoxy) is 2. The lowest BCUT2D eigenvalue weighted by atomic mass is 9.99. The van der Waals surface area contributed by atoms with Crippen LogP contribution >= 0.6 is 91.5 Å². The lowest BCUT2D eigenvalue weighted by molar-refractivity contribution is 0.0975. The van der Waals surface area contributed by atoms with Crippen molar-refractivity contribution in [3.05, 3.63) is 199 Å². The van der Waals surface area contributed by atoms with Crippen LogP contribution < -0.4 is 9.47 Å². The van der Waals surface area contributed by atoms with Crippen molar-refractivity contribution in [2.75, 3.05) is 14.2 Å². The summed E-state index contributed by atoms with van der Waals surface area (Å²) in [5.74, 6) is -0.400. The fourth-order valence-electron chi connectivity index (χ4n) is 12.3. The lowest BCUT2D eigenvalue weighted by Crippen LogP contribution is -1.99. The highest BCUT2D eigenvalue weighted by Gasteiger charge is 2.36. The Labute approximate surface area is 572 Å². The zero-order chi connectivity index (χ0) is 65.4. The van der Waals surface area contributed by atoms with Crippen LogP contribution in [0.15, 0.2) is 155 Å². The summed E-state index contributed by atoms with van der Waals surface area (Å²) in [7, 11) is 3.15. The number of nitrogens with zero attached hydrogens (tertiary/aromatic N) is 10. The summed E-state index contributed by atoms with van der Waals surface area (Å²) < 4.78 is 33.7. The highest BCUT2D eigenvalue weighted by atomic mass is 32.1. The number of benzene rings is 8. The number of hydrogen-bond acceptors (Lipinski definition) is 22. The van der Waals surface area contributed by atoms with Crippen molar-refractivity contribution in [1.29, 1.82) is 10.5 Å². The first kappa shape index (κ1) is 58.6. The molecule has 0 unspecified atom stereocenters. The largest absolute Gasteiger partial charge is 0.495 e. The quantitative estimate of drug-likeness (QED) is 0.0346. The van der Waals surface area contributed by atoms with Gasteiger partial charge in [-0.1, -0.05) is 94.3 Å². The first-order valence-electron chi connectivity index (χ1n) is 28.7. The van der Waals surface area contributed by atoms with E-state index in [1.807, 2.05) is 84.9 Å². The Bertz CT molecular complexity index is 6030.